The van der Waals surface area contributed by atoms with Crippen LogP contribution in [0, 0.1) is 21.4 Å². The molecule has 1 aliphatic rings. The zero-order valence-electron chi connectivity index (χ0n) is 19.0. The van der Waals surface area contributed by atoms with Crippen molar-refractivity contribution < 1.29 is 14.5 Å². The number of nitro groups is 1. The third-order valence-corrected chi connectivity index (χ3v) is 5.71. The first-order chi connectivity index (χ1) is 16.3. The van der Waals surface area contributed by atoms with Crippen molar-refractivity contribution in [3.8, 4) is 6.07 Å². The maximum Gasteiger partial charge on any atom is 0.283 e. The number of carbonyl (C=O) groups is 2. The van der Waals surface area contributed by atoms with Crippen LogP contribution in [-0.4, -0.2) is 52.2 Å². The zero-order chi connectivity index (χ0) is 24.9. The summed E-state index contributed by atoms with van der Waals surface area (Å²) in [6.45, 7) is 0. The third-order valence-electron chi connectivity index (χ3n) is 4.75. The van der Waals surface area contributed by atoms with Crippen LogP contribution in [0.1, 0.15) is 37.7 Å². The molecule has 3 rings (SSSR count). The van der Waals surface area contributed by atoms with Gasteiger partial charge in [-0.05, 0) is 48.4 Å². The second kappa shape index (κ2) is 13.7. The van der Waals surface area contributed by atoms with Gasteiger partial charge in [-0.3, -0.25) is 19.7 Å². The van der Waals surface area contributed by atoms with Crippen molar-refractivity contribution in [2.24, 2.45) is 0 Å². The average Bonchev–Trinajstić information content (AvgIpc) is 2.84. The number of nitrogens with one attached hydrogen (secondary N) is 1. The Balaban J connectivity index is 0.000000739. The summed E-state index contributed by atoms with van der Waals surface area (Å²) in [4.78, 5) is 42.8. The number of nitrogens with zero attached hydrogens (tertiary/aromatic N) is 5. The van der Waals surface area contributed by atoms with Gasteiger partial charge in [0.25, 0.3) is 11.6 Å². The normalized spacial score (nSPS) is 13.6. The summed E-state index contributed by atoms with van der Waals surface area (Å²) in [6, 6.07) is 8.17. The lowest BCUT2D eigenvalue weighted by molar-refractivity contribution is -0.387. The number of hydrogen-bond acceptors (Lipinski definition) is 8. The molecule has 2 amide bonds. The molecule has 178 valence electrons. The molecule has 0 bridgehead atoms. The molecule has 0 atom stereocenters. The van der Waals surface area contributed by atoms with Gasteiger partial charge in [0.2, 0.25) is 6.41 Å². The Morgan fingerprint density at radius 3 is 2.47 bits per heavy atom. The summed E-state index contributed by atoms with van der Waals surface area (Å²) < 4.78 is 0. The highest BCUT2D eigenvalue weighted by atomic mass is 32.2. The number of nitro benzene ring substituents is 1. The fourth-order valence-corrected chi connectivity index (χ4v) is 3.91. The molecule has 1 aliphatic carbocycles. The molecular weight excluding hydrogens is 456 g/mol. The molecule has 1 aromatic carbocycles. The summed E-state index contributed by atoms with van der Waals surface area (Å²) in [5.74, 6) is -0.446. The fraction of sp³-hybridized carbons (Fsp3) is 0.348. The lowest BCUT2D eigenvalue weighted by Crippen LogP contribution is -2.36. The quantitative estimate of drug-likeness (QED) is 0.157. The maximum absolute atomic E-state index is 12.4. The lowest BCUT2D eigenvalue weighted by atomic mass is 9.95. The van der Waals surface area contributed by atoms with E-state index in [1.54, 1.807) is 44.7 Å². The molecule has 0 radical (unpaired) electrons. The van der Waals surface area contributed by atoms with Gasteiger partial charge in [-0.1, -0.05) is 25.3 Å². The second-order valence-electron chi connectivity index (χ2n) is 7.66. The molecule has 0 spiro atoms. The third kappa shape index (κ3) is 8.63. The van der Waals surface area contributed by atoms with Crippen LogP contribution in [0.2, 0.25) is 0 Å². The van der Waals surface area contributed by atoms with E-state index in [0.717, 1.165) is 50.3 Å². The summed E-state index contributed by atoms with van der Waals surface area (Å²) in [7, 11) is 3.38. The molecule has 1 aromatic heterocycles. The number of benzene rings is 1. The van der Waals surface area contributed by atoms with Gasteiger partial charge in [0.15, 0.2) is 5.16 Å². The molecule has 1 N–H and O–H groups in total. The van der Waals surface area contributed by atoms with E-state index in [4.69, 9.17) is 0 Å². The van der Waals surface area contributed by atoms with E-state index in [0.29, 0.717) is 15.6 Å². The van der Waals surface area contributed by atoms with Crippen molar-refractivity contribution in [3.63, 3.8) is 0 Å². The topological polar surface area (TPSA) is 142 Å². The van der Waals surface area contributed by atoms with E-state index in [1.807, 2.05) is 6.07 Å². The van der Waals surface area contributed by atoms with E-state index in [1.165, 1.54) is 17.0 Å². The molecule has 1 heterocycles. The molecule has 11 heteroatoms. The Morgan fingerprint density at radius 1 is 1.26 bits per heavy atom. The number of rotatable bonds is 7. The van der Waals surface area contributed by atoms with Gasteiger partial charge in [-0.2, -0.15) is 5.26 Å². The van der Waals surface area contributed by atoms with Crippen LogP contribution in [0.25, 0.3) is 6.08 Å². The molecule has 10 nitrogen and oxygen atoms in total. The highest BCUT2D eigenvalue weighted by Gasteiger charge is 2.20. The van der Waals surface area contributed by atoms with Gasteiger partial charge in [0, 0.05) is 38.6 Å². The highest BCUT2D eigenvalue weighted by molar-refractivity contribution is 7.99. The van der Waals surface area contributed by atoms with Crippen LogP contribution >= 0.6 is 11.8 Å². The predicted molar refractivity (Wildman–Crippen MR) is 128 cm³/mol. The monoisotopic (exact) mass is 482 g/mol. The summed E-state index contributed by atoms with van der Waals surface area (Å²) in [5.41, 5.74) is 0.197. The van der Waals surface area contributed by atoms with Crippen LogP contribution in [0.15, 0.2) is 52.3 Å². The number of amides is 2. The van der Waals surface area contributed by atoms with Gasteiger partial charge >= 0.3 is 0 Å². The lowest BCUT2D eigenvalue weighted by Gasteiger charge is -2.22. The number of nitriles is 1. The van der Waals surface area contributed by atoms with Gasteiger partial charge in [-0.25, -0.2) is 9.97 Å². The molecular formula is C23H26N6O4S. The van der Waals surface area contributed by atoms with E-state index in [2.05, 4.69) is 15.3 Å². The predicted octanol–water partition coefficient (Wildman–Crippen LogP) is 3.60. The van der Waals surface area contributed by atoms with Gasteiger partial charge in [-0.15, -0.1) is 0 Å². The summed E-state index contributed by atoms with van der Waals surface area (Å²) in [5, 5.41) is 24.2. The zero-order valence-corrected chi connectivity index (χ0v) is 19.8. The fourth-order valence-electron chi connectivity index (χ4n) is 3.11. The van der Waals surface area contributed by atoms with Crippen molar-refractivity contribution in [1.82, 2.24) is 20.2 Å². The molecule has 0 aliphatic heterocycles. The van der Waals surface area contributed by atoms with Crippen LogP contribution in [-0.2, 0) is 9.59 Å². The van der Waals surface area contributed by atoms with Crippen LogP contribution in [0.3, 0.4) is 0 Å². The first kappa shape index (κ1) is 26.5. The number of carbonyl (C=O) groups excluding carboxylic acids is 2. The summed E-state index contributed by atoms with van der Waals surface area (Å²) >= 11 is 1.08. The van der Waals surface area contributed by atoms with E-state index < -0.39 is 10.8 Å². The van der Waals surface area contributed by atoms with E-state index >= 15 is 0 Å². The Morgan fingerprint density at radius 2 is 1.91 bits per heavy atom. The van der Waals surface area contributed by atoms with Crippen molar-refractivity contribution in [2.45, 2.75) is 48.2 Å². The minimum Gasteiger partial charge on any atom is -0.351 e. The average molecular weight is 483 g/mol. The highest BCUT2D eigenvalue weighted by Crippen LogP contribution is 2.34. The Hall–Kier alpha value is -3.78. The first-order valence-electron chi connectivity index (χ1n) is 10.6. The van der Waals surface area contributed by atoms with Gasteiger partial charge in [0.1, 0.15) is 11.6 Å². The van der Waals surface area contributed by atoms with Crippen molar-refractivity contribution in [3.05, 3.63) is 57.9 Å². The molecule has 34 heavy (non-hydrogen) atoms. The first-order valence-corrected chi connectivity index (χ1v) is 11.4. The van der Waals surface area contributed by atoms with Crippen LogP contribution in [0.5, 0.6) is 0 Å². The Kier molecular flexibility index (Phi) is 10.7. The Labute approximate surface area is 202 Å². The largest absolute Gasteiger partial charge is 0.351 e. The standard InChI is InChI=1S/C20H19N5O3S.C3H7NO/c21-13-15(19(26)24-16-5-2-1-3-6-16)11-14-7-8-18(17(12-14)25(27)28)29-20-22-9-4-10-23-20;1-4(2)3-5/h4,7-12,16H,1-3,5-6H2,(H,24,26);3H,1-2H3/b15-11+;. The molecule has 2 aromatic rings. The minimum absolute atomic E-state index is 0.0725. The van der Waals surface area contributed by atoms with Crippen LogP contribution in [0.4, 0.5) is 5.69 Å². The van der Waals surface area contributed by atoms with E-state index in [-0.39, 0.29) is 17.3 Å². The van der Waals surface area contributed by atoms with Crippen molar-refractivity contribution in [2.75, 3.05) is 14.1 Å². The Bertz CT molecular complexity index is 1060. The molecule has 1 saturated carbocycles. The molecule has 1 fully saturated rings. The van der Waals surface area contributed by atoms with Crippen molar-refractivity contribution in [1.29, 1.82) is 5.26 Å². The molecule has 0 unspecified atom stereocenters. The molecule has 0 saturated heterocycles. The second-order valence-corrected chi connectivity index (χ2v) is 8.67. The van der Waals surface area contributed by atoms with Gasteiger partial charge in [0.05, 0.1) is 9.82 Å². The van der Waals surface area contributed by atoms with Crippen molar-refractivity contribution >= 4 is 35.8 Å². The summed E-state index contributed by atoms with van der Waals surface area (Å²) in [6.07, 6.45) is 10.3. The van der Waals surface area contributed by atoms with Crippen LogP contribution < -0.4 is 5.32 Å². The SMILES string of the molecule is CN(C)C=O.N#C/C(=C\c1ccc(Sc2ncccn2)c([N+](=O)[O-])c1)C(=O)NC1CCCCC1. The van der Waals surface area contributed by atoms with E-state index in [9.17, 15) is 25.0 Å². The number of hydrogen-bond donors (Lipinski definition) is 1. The van der Waals surface area contributed by atoms with Gasteiger partial charge < -0.3 is 10.2 Å². The maximum atomic E-state index is 12.4. The number of aromatic nitrogens is 2. The smallest absolute Gasteiger partial charge is 0.283 e. The minimum atomic E-state index is -0.503.